The van der Waals surface area contributed by atoms with E-state index in [0.29, 0.717) is 49.1 Å². The molecule has 2 aromatic carbocycles. The molecule has 0 aliphatic carbocycles. The normalized spacial score (nSPS) is 12.1. The summed E-state index contributed by atoms with van der Waals surface area (Å²) in [5.74, 6) is -3.57. The van der Waals surface area contributed by atoms with E-state index < -0.39 is 46.3 Å². The van der Waals surface area contributed by atoms with Gasteiger partial charge < -0.3 is 38.6 Å². The molecule has 0 saturated carbocycles. The van der Waals surface area contributed by atoms with Crippen molar-refractivity contribution >= 4 is 40.9 Å². The Bertz CT molecular complexity index is 1370. The van der Waals surface area contributed by atoms with Crippen LogP contribution >= 0.6 is 0 Å². The Kier molecular flexibility index (Phi) is 13.6. The van der Waals surface area contributed by atoms with Crippen LogP contribution in [0.5, 0.6) is 0 Å². The summed E-state index contributed by atoms with van der Waals surface area (Å²) < 4.78 is 21.9. The number of aromatic carboxylic acids is 2. The molecular weight excluding hydrogens is 617 g/mol. The topological polar surface area (TPSA) is 170 Å². The number of hydrogen-bond acceptors (Lipinski definition) is 8. The molecule has 0 heterocycles. The van der Waals surface area contributed by atoms with Crippen LogP contribution < -0.4 is 10.6 Å². The minimum atomic E-state index is -2.31. The highest BCUT2D eigenvalue weighted by Crippen LogP contribution is 2.34. The molecule has 14 heteroatoms. The van der Waals surface area contributed by atoms with Crippen molar-refractivity contribution in [1.82, 2.24) is 10.6 Å². The zero-order valence-corrected chi connectivity index (χ0v) is 29.4. The Balaban J connectivity index is 2.30. The zero-order chi connectivity index (χ0) is 34.0. The van der Waals surface area contributed by atoms with Gasteiger partial charge in [0.15, 0.2) is 0 Å². The molecule has 0 aliphatic heterocycles. The summed E-state index contributed by atoms with van der Waals surface area (Å²) in [6.45, 7) is 8.12. The fourth-order valence-corrected chi connectivity index (χ4v) is 7.56. The Morgan fingerprint density at radius 2 is 1.02 bits per heavy atom. The van der Waals surface area contributed by atoms with Crippen LogP contribution in [0.15, 0.2) is 36.4 Å². The molecule has 0 spiro atoms. The number of rotatable bonds is 18. The van der Waals surface area contributed by atoms with Crippen LogP contribution in [0.1, 0.15) is 79.2 Å². The van der Waals surface area contributed by atoms with Gasteiger partial charge >= 0.3 is 29.1 Å². The average Bonchev–Trinajstić information content (AvgIpc) is 3.03. The predicted molar refractivity (Wildman–Crippen MR) is 174 cm³/mol. The first-order valence-electron chi connectivity index (χ1n) is 14.6. The van der Waals surface area contributed by atoms with Gasteiger partial charge in [-0.25, -0.2) is 9.59 Å². The largest absolute Gasteiger partial charge is 0.478 e. The molecule has 2 amide bonds. The second kappa shape index (κ2) is 16.2. The number of carbonyl (C=O) groups excluding carboxylic acids is 2. The predicted octanol–water partition coefficient (Wildman–Crippen LogP) is 4.38. The van der Waals surface area contributed by atoms with E-state index >= 15 is 0 Å². The van der Waals surface area contributed by atoms with Crippen molar-refractivity contribution in [3.05, 3.63) is 69.8 Å². The number of nitrogens with one attached hydrogen (secondary N) is 2. The molecule has 0 saturated heterocycles. The summed E-state index contributed by atoms with van der Waals surface area (Å²) >= 11 is 0. The van der Waals surface area contributed by atoms with E-state index in [1.165, 1.54) is 24.3 Å². The summed E-state index contributed by atoms with van der Waals surface area (Å²) in [7, 11) is 1.77. The highest BCUT2D eigenvalue weighted by atomic mass is 28.4. The molecule has 248 valence electrons. The van der Waals surface area contributed by atoms with Crippen LogP contribution in [0.2, 0.25) is 25.2 Å². The van der Waals surface area contributed by atoms with E-state index in [0.717, 1.165) is 0 Å². The van der Waals surface area contributed by atoms with E-state index in [1.807, 2.05) is 26.9 Å². The van der Waals surface area contributed by atoms with E-state index in [2.05, 4.69) is 10.6 Å². The second-order valence-corrected chi connectivity index (χ2v) is 18.7. The van der Waals surface area contributed by atoms with Gasteiger partial charge in [0.1, 0.15) is 0 Å². The third-order valence-electron chi connectivity index (χ3n) is 8.35. The first-order chi connectivity index (χ1) is 21.1. The maximum absolute atomic E-state index is 13.2. The maximum atomic E-state index is 13.2. The lowest BCUT2D eigenvalue weighted by molar-refractivity contribution is 0.0682. The molecule has 0 radical (unpaired) electrons. The summed E-state index contributed by atoms with van der Waals surface area (Å²) in [5, 5.41) is 25.3. The van der Waals surface area contributed by atoms with Crippen LogP contribution in [0.25, 0.3) is 0 Å². The molecule has 2 aromatic rings. The summed E-state index contributed by atoms with van der Waals surface area (Å²) in [6, 6.07) is 10.4. The van der Waals surface area contributed by atoms with E-state index in [4.69, 9.17) is 17.7 Å². The van der Waals surface area contributed by atoms with E-state index in [1.54, 1.807) is 40.6 Å². The fourth-order valence-electron chi connectivity index (χ4n) is 4.77. The van der Waals surface area contributed by atoms with E-state index in [9.17, 15) is 29.4 Å². The van der Waals surface area contributed by atoms with Gasteiger partial charge in [-0.1, -0.05) is 26.0 Å². The number of benzene rings is 2. The van der Waals surface area contributed by atoms with Crippen molar-refractivity contribution in [2.75, 3.05) is 41.5 Å². The molecule has 2 rings (SSSR count). The number of carboxylic acids is 2. The smallest absolute Gasteiger partial charge is 0.336 e. The van der Waals surface area contributed by atoms with Crippen molar-refractivity contribution in [2.24, 2.45) is 0 Å². The number of carbonyl (C=O) groups is 4. The molecular formula is C31H46N2O10Si2. The Morgan fingerprint density at radius 1 is 0.644 bits per heavy atom. The lowest BCUT2D eigenvalue weighted by Gasteiger charge is -2.28. The summed E-state index contributed by atoms with van der Waals surface area (Å²) in [6.07, 6.45) is 1.19. The molecule has 0 unspecified atom stereocenters. The molecule has 0 bridgehead atoms. The van der Waals surface area contributed by atoms with Crippen LogP contribution in [-0.4, -0.2) is 92.6 Å². The quantitative estimate of drug-likeness (QED) is 0.133. The molecule has 12 nitrogen and oxygen atoms in total. The number of carboxylic acid groups (broad SMARTS) is 2. The summed E-state index contributed by atoms with van der Waals surface area (Å²) in [4.78, 5) is 50.3. The Morgan fingerprint density at radius 3 is 1.42 bits per heavy atom. The van der Waals surface area contributed by atoms with E-state index in [-0.39, 0.29) is 22.3 Å². The second-order valence-electron chi connectivity index (χ2n) is 11.6. The number of hydrogen-bond donors (Lipinski definition) is 4. The van der Waals surface area contributed by atoms with Gasteiger partial charge in [0.05, 0.1) is 22.3 Å². The van der Waals surface area contributed by atoms with Gasteiger partial charge in [-0.05, 0) is 73.4 Å². The minimum Gasteiger partial charge on any atom is -0.478 e. The lowest BCUT2D eigenvalue weighted by Crippen LogP contribution is -2.37. The zero-order valence-electron chi connectivity index (χ0n) is 27.4. The van der Waals surface area contributed by atoms with Crippen molar-refractivity contribution in [3.63, 3.8) is 0 Å². The van der Waals surface area contributed by atoms with Gasteiger partial charge in [0.2, 0.25) is 0 Å². The monoisotopic (exact) mass is 662 g/mol. The van der Waals surface area contributed by atoms with Crippen LogP contribution in [-0.2, 0) is 23.1 Å². The van der Waals surface area contributed by atoms with Crippen LogP contribution in [0, 0.1) is 0 Å². The van der Waals surface area contributed by atoms with Gasteiger partial charge in [-0.15, -0.1) is 0 Å². The van der Waals surface area contributed by atoms with Crippen molar-refractivity contribution in [2.45, 2.75) is 57.3 Å². The first kappa shape index (κ1) is 37.8. The molecule has 45 heavy (non-hydrogen) atoms. The van der Waals surface area contributed by atoms with Crippen molar-refractivity contribution in [1.29, 1.82) is 0 Å². The van der Waals surface area contributed by atoms with Crippen LogP contribution in [0.4, 0.5) is 0 Å². The maximum Gasteiger partial charge on any atom is 0.336 e. The Hall–Kier alpha value is -3.41. The summed E-state index contributed by atoms with van der Waals surface area (Å²) in [5.41, 5.74) is -0.0220. The highest BCUT2D eigenvalue weighted by molar-refractivity contribution is 6.66. The highest BCUT2D eigenvalue weighted by Gasteiger charge is 2.31. The standard InChI is InChI=1S/C31H46N2O10Si2/c1-31(2,21-12-14-24(29(36)37)25(19-21)28(35)33-16-10-18-45(8,42-5)43-6)22-11-13-23(26(20-22)30(38)39)27(34)32-15-9-17-44(7,40-3)41-4/h11-14,19-20H,9-10,15-18H2,1-8H3,(H,32,34)(H,33,35)(H,36,37)(H,38,39). The van der Waals surface area contributed by atoms with Gasteiger partial charge in [0, 0.05) is 46.9 Å². The third-order valence-corrected chi connectivity index (χ3v) is 14.3. The van der Waals surface area contributed by atoms with Gasteiger partial charge in [0.25, 0.3) is 11.8 Å². The van der Waals surface area contributed by atoms with Gasteiger partial charge in [-0.3, -0.25) is 9.59 Å². The third kappa shape index (κ3) is 9.79. The van der Waals surface area contributed by atoms with Crippen LogP contribution in [0.3, 0.4) is 0 Å². The average molecular weight is 663 g/mol. The number of amides is 2. The van der Waals surface area contributed by atoms with Gasteiger partial charge in [-0.2, -0.15) is 0 Å². The Labute approximate surface area is 266 Å². The minimum absolute atomic E-state index is 0.0119. The van der Waals surface area contributed by atoms with Crippen molar-refractivity contribution in [3.8, 4) is 0 Å². The fraction of sp³-hybridized carbons (Fsp3) is 0.484. The molecule has 0 aliphatic rings. The molecule has 0 aromatic heterocycles. The first-order valence-corrected chi connectivity index (χ1v) is 19.7. The molecule has 4 N–H and O–H groups in total. The van der Waals surface area contributed by atoms with Crippen molar-refractivity contribution < 1.29 is 47.1 Å². The molecule has 0 atom stereocenters. The molecule has 0 fully saturated rings. The SMILES string of the molecule is CO[Si](C)(CCCNC(=O)c1ccc(C(C)(C)c2ccc(C(=O)O)c(C(=O)NCCC[Si](C)(OC)OC)c2)cc1C(=O)O)OC. The lowest BCUT2D eigenvalue weighted by atomic mass is 9.76.